The summed E-state index contributed by atoms with van der Waals surface area (Å²) in [7, 11) is 0. The second kappa shape index (κ2) is 7.10. The van der Waals surface area contributed by atoms with Crippen molar-refractivity contribution in [2.75, 3.05) is 6.61 Å². The highest BCUT2D eigenvalue weighted by Gasteiger charge is 2.08. The maximum absolute atomic E-state index is 10.8. The van der Waals surface area contributed by atoms with Crippen LogP contribution in [0.15, 0.2) is 53.0 Å². The van der Waals surface area contributed by atoms with Crippen LogP contribution >= 0.6 is 15.9 Å². The first kappa shape index (κ1) is 14.6. The zero-order valence-electron chi connectivity index (χ0n) is 10.9. The molecule has 0 amide bonds. The molecule has 0 aliphatic carbocycles. The molecule has 0 aromatic heterocycles. The van der Waals surface area contributed by atoms with Crippen LogP contribution < -0.4 is 4.74 Å². The van der Waals surface area contributed by atoms with Gasteiger partial charge >= 0.3 is 5.97 Å². The Hall–Kier alpha value is -1.81. The van der Waals surface area contributed by atoms with Gasteiger partial charge in [-0.05, 0) is 17.7 Å². The maximum Gasteiger partial charge on any atom is 0.307 e. The van der Waals surface area contributed by atoms with Crippen molar-refractivity contribution in [1.29, 1.82) is 0 Å². The largest absolute Gasteiger partial charge is 0.493 e. The Labute approximate surface area is 126 Å². The molecule has 0 saturated carbocycles. The number of aliphatic carboxylic acids is 1. The van der Waals surface area contributed by atoms with Crippen LogP contribution in [-0.4, -0.2) is 17.7 Å². The molecule has 0 saturated heterocycles. The standard InChI is InChI=1S/C16H15BrO3/c17-14-7-6-13(10-16(18)19)15(11-14)20-9-8-12-4-2-1-3-5-12/h1-7,11H,8-10H2,(H,18,19). The molecule has 20 heavy (non-hydrogen) atoms. The molecule has 0 fully saturated rings. The zero-order chi connectivity index (χ0) is 14.4. The summed E-state index contributed by atoms with van der Waals surface area (Å²) in [6.07, 6.45) is 0.758. The van der Waals surface area contributed by atoms with E-state index in [0.29, 0.717) is 17.9 Å². The Bertz CT molecular complexity index is 582. The third kappa shape index (κ3) is 4.38. The molecule has 2 aromatic rings. The van der Waals surface area contributed by atoms with Crippen molar-refractivity contribution in [2.24, 2.45) is 0 Å². The lowest BCUT2D eigenvalue weighted by atomic mass is 10.1. The van der Waals surface area contributed by atoms with E-state index in [4.69, 9.17) is 9.84 Å². The van der Waals surface area contributed by atoms with Gasteiger partial charge < -0.3 is 9.84 Å². The summed E-state index contributed by atoms with van der Waals surface area (Å²) >= 11 is 3.37. The van der Waals surface area contributed by atoms with Crippen LogP contribution in [0.2, 0.25) is 0 Å². The Morgan fingerprint density at radius 2 is 1.90 bits per heavy atom. The summed E-state index contributed by atoms with van der Waals surface area (Å²) in [4.78, 5) is 10.8. The second-order valence-corrected chi connectivity index (χ2v) is 5.32. The first-order valence-corrected chi connectivity index (χ1v) is 7.11. The van der Waals surface area contributed by atoms with E-state index in [1.807, 2.05) is 42.5 Å². The minimum absolute atomic E-state index is 0.0338. The number of benzene rings is 2. The van der Waals surface area contributed by atoms with Gasteiger partial charge in [0.2, 0.25) is 0 Å². The van der Waals surface area contributed by atoms with Gasteiger partial charge in [0.15, 0.2) is 0 Å². The lowest BCUT2D eigenvalue weighted by Gasteiger charge is -2.11. The quantitative estimate of drug-likeness (QED) is 0.876. The molecule has 3 nitrogen and oxygen atoms in total. The SMILES string of the molecule is O=C(O)Cc1ccc(Br)cc1OCCc1ccccc1. The van der Waals surface area contributed by atoms with Crippen LogP contribution in [0.25, 0.3) is 0 Å². The van der Waals surface area contributed by atoms with Gasteiger partial charge in [-0.25, -0.2) is 0 Å². The third-order valence-electron chi connectivity index (χ3n) is 2.86. The molecule has 0 radical (unpaired) electrons. The first-order valence-electron chi connectivity index (χ1n) is 6.32. The van der Waals surface area contributed by atoms with E-state index < -0.39 is 5.97 Å². The Kier molecular flexibility index (Phi) is 5.18. The fourth-order valence-corrected chi connectivity index (χ4v) is 2.24. The zero-order valence-corrected chi connectivity index (χ0v) is 12.5. The van der Waals surface area contributed by atoms with Crippen LogP contribution in [-0.2, 0) is 17.6 Å². The average molecular weight is 335 g/mol. The van der Waals surface area contributed by atoms with Crippen LogP contribution in [0, 0.1) is 0 Å². The summed E-state index contributed by atoms with van der Waals surface area (Å²) in [5.41, 5.74) is 1.89. The van der Waals surface area contributed by atoms with Crippen molar-refractivity contribution >= 4 is 21.9 Å². The predicted molar refractivity (Wildman–Crippen MR) is 81.1 cm³/mol. The van der Waals surface area contributed by atoms with Gasteiger partial charge in [-0.2, -0.15) is 0 Å². The molecule has 2 rings (SSSR count). The fourth-order valence-electron chi connectivity index (χ4n) is 1.90. The molecule has 0 unspecified atom stereocenters. The molecule has 0 aliphatic rings. The normalized spacial score (nSPS) is 10.2. The summed E-state index contributed by atoms with van der Waals surface area (Å²) in [5, 5.41) is 8.90. The minimum atomic E-state index is -0.861. The third-order valence-corrected chi connectivity index (χ3v) is 3.36. The van der Waals surface area contributed by atoms with Gasteiger partial charge in [-0.1, -0.05) is 52.3 Å². The van der Waals surface area contributed by atoms with Crippen molar-refractivity contribution < 1.29 is 14.6 Å². The number of hydrogen-bond acceptors (Lipinski definition) is 2. The van der Waals surface area contributed by atoms with Crippen molar-refractivity contribution in [2.45, 2.75) is 12.8 Å². The van der Waals surface area contributed by atoms with E-state index in [1.165, 1.54) is 5.56 Å². The first-order chi connectivity index (χ1) is 9.65. The van der Waals surface area contributed by atoms with E-state index >= 15 is 0 Å². The summed E-state index contributed by atoms with van der Waals surface area (Å²) < 4.78 is 6.61. The summed E-state index contributed by atoms with van der Waals surface area (Å²) in [5.74, 6) is -0.238. The minimum Gasteiger partial charge on any atom is -0.493 e. The van der Waals surface area contributed by atoms with Crippen LogP contribution in [0.4, 0.5) is 0 Å². The van der Waals surface area contributed by atoms with Gasteiger partial charge in [0.1, 0.15) is 5.75 Å². The number of halogens is 1. The molecule has 104 valence electrons. The number of ether oxygens (including phenoxy) is 1. The smallest absolute Gasteiger partial charge is 0.307 e. The molecule has 0 aliphatic heterocycles. The molecular weight excluding hydrogens is 320 g/mol. The summed E-state index contributed by atoms with van der Waals surface area (Å²) in [6, 6.07) is 15.4. The van der Waals surface area contributed by atoms with Gasteiger partial charge in [-0.3, -0.25) is 4.79 Å². The summed E-state index contributed by atoms with van der Waals surface area (Å²) in [6.45, 7) is 0.521. The second-order valence-electron chi connectivity index (χ2n) is 4.41. The van der Waals surface area contributed by atoms with Crippen molar-refractivity contribution in [3.8, 4) is 5.75 Å². The Balaban J connectivity index is 2.01. The van der Waals surface area contributed by atoms with Crippen LogP contribution in [0.1, 0.15) is 11.1 Å². The number of carboxylic acids is 1. The molecule has 0 heterocycles. The fraction of sp³-hybridized carbons (Fsp3) is 0.188. The van der Waals surface area contributed by atoms with Crippen LogP contribution in [0.5, 0.6) is 5.75 Å². The van der Waals surface area contributed by atoms with E-state index in [1.54, 1.807) is 6.07 Å². The molecular formula is C16H15BrO3. The number of carbonyl (C=O) groups is 1. The van der Waals surface area contributed by atoms with E-state index in [2.05, 4.69) is 15.9 Å². The van der Waals surface area contributed by atoms with Crippen molar-refractivity contribution in [3.05, 3.63) is 64.1 Å². The molecule has 4 heteroatoms. The average Bonchev–Trinajstić information content (AvgIpc) is 2.42. The number of carboxylic acid groups (broad SMARTS) is 1. The highest BCUT2D eigenvalue weighted by Crippen LogP contribution is 2.24. The highest BCUT2D eigenvalue weighted by molar-refractivity contribution is 9.10. The topological polar surface area (TPSA) is 46.5 Å². The maximum atomic E-state index is 10.8. The Morgan fingerprint density at radius 1 is 1.15 bits per heavy atom. The lowest BCUT2D eigenvalue weighted by Crippen LogP contribution is -2.06. The number of hydrogen-bond donors (Lipinski definition) is 1. The number of rotatable bonds is 6. The highest BCUT2D eigenvalue weighted by atomic mass is 79.9. The monoisotopic (exact) mass is 334 g/mol. The van der Waals surface area contributed by atoms with Gasteiger partial charge in [-0.15, -0.1) is 0 Å². The molecule has 0 spiro atoms. The molecule has 2 aromatic carbocycles. The lowest BCUT2D eigenvalue weighted by molar-refractivity contribution is -0.136. The Morgan fingerprint density at radius 3 is 2.60 bits per heavy atom. The molecule has 0 atom stereocenters. The van der Waals surface area contributed by atoms with Crippen LogP contribution in [0.3, 0.4) is 0 Å². The molecule has 1 N–H and O–H groups in total. The van der Waals surface area contributed by atoms with Gasteiger partial charge in [0.25, 0.3) is 0 Å². The van der Waals surface area contributed by atoms with Gasteiger partial charge in [0, 0.05) is 16.5 Å². The van der Waals surface area contributed by atoms with E-state index in [9.17, 15) is 4.79 Å². The van der Waals surface area contributed by atoms with E-state index in [0.717, 1.165) is 10.9 Å². The van der Waals surface area contributed by atoms with E-state index in [-0.39, 0.29) is 6.42 Å². The van der Waals surface area contributed by atoms with Crippen molar-refractivity contribution in [1.82, 2.24) is 0 Å². The van der Waals surface area contributed by atoms with Gasteiger partial charge in [0.05, 0.1) is 13.0 Å². The predicted octanol–water partition coefficient (Wildman–Crippen LogP) is 3.70. The molecule has 0 bridgehead atoms. The van der Waals surface area contributed by atoms with Crippen molar-refractivity contribution in [3.63, 3.8) is 0 Å².